The second-order valence-electron chi connectivity index (χ2n) is 5.73. The van der Waals surface area contributed by atoms with Crippen LogP contribution in [0.4, 0.5) is 10.5 Å². The predicted molar refractivity (Wildman–Crippen MR) is 102 cm³/mol. The number of aliphatic hydroxyl groups excluding tert-OH is 1. The van der Waals surface area contributed by atoms with Gasteiger partial charge in [-0.15, -0.1) is 0 Å². The first kappa shape index (κ1) is 18.8. The molecule has 3 aromatic rings. The molecule has 0 saturated carbocycles. The maximum absolute atomic E-state index is 13.1. The summed E-state index contributed by atoms with van der Waals surface area (Å²) in [6, 6.07) is 10.9. The van der Waals surface area contributed by atoms with E-state index in [4.69, 9.17) is 11.6 Å². The summed E-state index contributed by atoms with van der Waals surface area (Å²) in [5.41, 5.74) is 2.96. The molecule has 1 heterocycles. The van der Waals surface area contributed by atoms with Crippen molar-refractivity contribution in [2.45, 2.75) is 13.0 Å². The van der Waals surface area contributed by atoms with Gasteiger partial charge in [0, 0.05) is 5.69 Å². The van der Waals surface area contributed by atoms with E-state index in [9.17, 15) is 14.7 Å². The highest BCUT2D eigenvalue weighted by atomic mass is 35.5. The van der Waals surface area contributed by atoms with Crippen LogP contribution in [-0.4, -0.2) is 27.8 Å². The van der Waals surface area contributed by atoms with Gasteiger partial charge >= 0.3 is 6.03 Å². The Morgan fingerprint density at radius 3 is 2.74 bits per heavy atom. The largest absolute Gasteiger partial charge is 0.385 e. The average Bonchev–Trinajstić information content (AvgIpc) is 2.61. The van der Waals surface area contributed by atoms with Crippen LogP contribution in [0.25, 0.3) is 16.6 Å². The summed E-state index contributed by atoms with van der Waals surface area (Å²) >= 11 is 6.19. The number of carbonyl (C=O) groups is 1. The molecule has 1 unspecified atom stereocenters. The molecule has 3 rings (SSSR count). The first-order valence-corrected chi connectivity index (χ1v) is 8.40. The standard InChI is InChI=1S/C18H17ClN4O4/c1-10(24)16-21-14-8-4-7-13(19)15(14)17(25)23(16)12-6-3-5-11(9-12)20-18(26)22-27-2/h3-10,24H,1-2H3,(H2,20,22,26). The lowest BCUT2D eigenvalue weighted by Crippen LogP contribution is -2.28. The summed E-state index contributed by atoms with van der Waals surface area (Å²) in [6.45, 7) is 1.52. The zero-order chi connectivity index (χ0) is 19.6. The van der Waals surface area contributed by atoms with Gasteiger partial charge in [-0.25, -0.2) is 15.3 Å². The summed E-state index contributed by atoms with van der Waals surface area (Å²) in [6.07, 6.45) is -1.01. The molecule has 0 aliphatic carbocycles. The summed E-state index contributed by atoms with van der Waals surface area (Å²) in [7, 11) is 1.31. The molecule has 27 heavy (non-hydrogen) atoms. The van der Waals surface area contributed by atoms with E-state index in [1.165, 1.54) is 18.6 Å². The fourth-order valence-corrected chi connectivity index (χ4v) is 2.96. The lowest BCUT2D eigenvalue weighted by molar-refractivity contribution is 0.114. The molecule has 0 aliphatic rings. The van der Waals surface area contributed by atoms with Crippen LogP contribution < -0.4 is 16.4 Å². The van der Waals surface area contributed by atoms with Crippen molar-refractivity contribution in [3.8, 4) is 5.69 Å². The van der Waals surface area contributed by atoms with Crippen molar-refractivity contribution in [2.24, 2.45) is 0 Å². The number of aliphatic hydroxyl groups is 1. The Balaban J connectivity index is 2.20. The van der Waals surface area contributed by atoms with Gasteiger partial charge in [-0.1, -0.05) is 23.7 Å². The van der Waals surface area contributed by atoms with Gasteiger partial charge in [-0.2, -0.15) is 0 Å². The molecule has 0 spiro atoms. The van der Waals surface area contributed by atoms with E-state index in [1.807, 2.05) is 0 Å². The molecule has 8 nitrogen and oxygen atoms in total. The molecule has 0 radical (unpaired) electrons. The van der Waals surface area contributed by atoms with Crippen LogP contribution in [0.1, 0.15) is 18.9 Å². The minimum absolute atomic E-state index is 0.160. The van der Waals surface area contributed by atoms with Crippen LogP contribution in [0.2, 0.25) is 5.02 Å². The SMILES string of the molecule is CONC(=O)Nc1cccc(-n2c(C(C)O)nc3cccc(Cl)c3c2=O)c1. The normalized spacial score (nSPS) is 12.0. The monoisotopic (exact) mass is 388 g/mol. The number of hydrogen-bond donors (Lipinski definition) is 3. The highest BCUT2D eigenvalue weighted by Gasteiger charge is 2.18. The van der Waals surface area contributed by atoms with Crippen LogP contribution in [-0.2, 0) is 4.84 Å². The van der Waals surface area contributed by atoms with Gasteiger partial charge in [-0.3, -0.25) is 14.2 Å². The maximum atomic E-state index is 13.1. The number of nitrogens with zero attached hydrogens (tertiary/aromatic N) is 2. The minimum atomic E-state index is -1.01. The Hall–Kier alpha value is -2.94. The Labute approximate surface area is 159 Å². The molecular formula is C18H17ClN4O4. The first-order valence-electron chi connectivity index (χ1n) is 8.02. The Kier molecular flexibility index (Phi) is 5.41. The van der Waals surface area contributed by atoms with Crippen molar-refractivity contribution >= 4 is 34.2 Å². The number of fused-ring (bicyclic) bond motifs is 1. The number of urea groups is 1. The maximum Gasteiger partial charge on any atom is 0.343 e. The Morgan fingerprint density at radius 1 is 1.30 bits per heavy atom. The summed E-state index contributed by atoms with van der Waals surface area (Å²) in [5.74, 6) is 0.160. The summed E-state index contributed by atoms with van der Waals surface area (Å²) in [4.78, 5) is 33.7. The third kappa shape index (κ3) is 3.77. The zero-order valence-corrected chi connectivity index (χ0v) is 15.3. The van der Waals surface area contributed by atoms with Crippen molar-refractivity contribution in [1.82, 2.24) is 15.0 Å². The smallest absolute Gasteiger partial charge is 0.343 e. The molecule has 0 aliphatic heterocycles. The van der Waals surface area contributed by atoms with Gasteiger partial charge in [0.15, 0.2) is 0 Å². The minimum Gasteiger partial charge on any atom is -0.385 e. The van der Waals surface area contributed by atoms with E-state index in [2.05, 4.69) is 20.6 Å². The zero-order valence-electron chi connectivity index (χ0n) is 14.6. The molecule has 2 amide bonds. The third-order valence-corrected chi connectivity index (χ3v) is 4.12. The number of rotatable bonds is 4. The number of aromatic nitrogens is 2. The number of halogens is 1. The topological polar surface area (TPSA) is 105 Å². The molecule has 9 heteroatoms. The van der Waals surface area contributed by atoms with Crippen LogP contribution in [0.3, 0.4) is 0 Å². The van der Waals surface area contributed by atoms with Crippen LogP contribution in [0, 0.1) is 0 Å². The number of amides is 2. The van der Waals surface area contributed by atoms with Gasteiger partial charge in [0.25, 0.3) is 5.56 Å². The summed E-state index contributed by atoms with van der Waals surface area (Å²) < 4.78 is 1.28. The van der Waals surface area contributed by atoms with Crippen LogP contribution in [0.15, 0.2) is 47.3 Å². The molecule has 1 aromatic heterocycles. The molecule has 0 bridgehead atoms. The van der Waals surface area contributed by atoms with Crippen molar-refractivity contribution in [3.63, 3.8) is 0 Å². The van der Waals surface area contributed by atoms with E-state index < -0.39 is 17.7 Å². The number of hydroxylamine groups is 1. The van der Waals surface area contributed by atoms with Gasteiger partial charge < -0.3 is 10.4 Å². The lowest BCUT2D eigenvalue weighted by Gasteiger charge is -2.16. The van der Waals surface area contributed by atoms with E-state index in [-0.39, 0.29) is 16.2 Å². The quantitative estimate of drug-likeness (QED) is 0.596. The molecule has 0 saturated heterocycles. The number of hydrogen-bond acceptors (Lipinski definition) is 5. The van der Waals surface area contributed by atoms with Crippen LogP contribution in [0.5, 0.6) is 0 Å². The van der Waals surface area contributed by atoms with Crippen molar-refractivity contribution < 1.29 is 14.7 Å². The Bertz CT molecular complexity index is 1060. The molecule has 1 atom stereocenters. The predicted octanol–water partition coefficient (Wildman–Crippen LogP) is 2.78. The fourth-order valence-electron chi connectivity index (χ4n) is 2.71. The van der Waals surface area contributed by atoms with Crippen molar-refractivity contribution in [3.05, 3.63) is 63.7 Å². The van der Waals surface area contributed by atoms with E-state index >= 15 is 0 Å². The second-order valence-corrected chi connectivity index (χ2v) is 6.14. The number of carbonyl (C=O) groups excluding carboxylic acids is 1. The highest BCUT2D eigenvalue weighted by molar-refractivity contribution is 6.35. The first-order chi connectivity index (χ1) is 12.9. The molecular weight excluding hydrogens is 372 g/mol. The van der Waals surface area contributed by atoms with Gasteiger partial charge in [-0.05, 0) is 37.3 Å². The summed E-state index contributed by atoms with van der Waals surface area (Å²) in [5, 5.41) is 13.2. The van der Waals surface area contributed by atoms with Crippen molar-refractivity contribution in [2.75, 3.05) is 12.4 Å². The molecule has 2 aromatic carbocycles. The molecule has 0 fully saturated rings. The lowest BCUT2D eigenvalue weighted by atomic mass is 10.2. The van der Waals surface area contributed by atoms with E-state index in [0.29, 0.717) is 16.9 Å². The average molecular weight is 389 g/mol. The fraction of sp³-hybridized carbons (Fsp3) is 0.167. The van der Waals surface area contributed by atoms with E-state index in [0.717, 1.165) is 0 Å². The van der Waals surface area contributed by atoms with E-state index in [1.54, 1.807) is 42.5 Å². The number of nitrogens with one attached hydrogen (secondary N) is 2. The second kappa shape index (κ2) is 7.75. The Morgan fingerprint density at radius 2 is 2.04 bits per heavy atom. The van der Waals surface area contributed by atoms with Crippen LogP contribution >= 0.6 is 11.6 Å². The van der Waals surface area contributed by atoms with Gasteiger partial charge in [0.05, 0.1) is 28.7 Å². The highest BCUT2D eigenvalue weighted by Crippen LogP contribution is 2.23. The molecule has 3 N–H and O–H groups in total. The number of benzene rings is 2. The van der Waals surface area contributed by atoms with Gasteiger partial charge in [0.1, 0.15) is 11.9 Å². The third-order valence-electron chi connectivity index (χ3n) is 3.80. The van der Waals surface area contributed by atoms with Crippen molar-refractivity contribution in [1.29, 1.82) is 0 Å². The van der Waals surface area contributed by atoms with Gasteiger partial charge in [0.2, 0.25) is 0 Å². The number of anilines is 1. The molecule has 140 valence electrons.